The molecule has 4 rings (SSSR count). The quantitative estimate of drug-likeness (QED) is 0.553. The van der Waals surface area contributed by atoms with Gasteiger partial charge in [-0.2, -0.15) is 5.10 Å². The largest absolute Gasteiger partial charge is 0.326 e. The highest BCUT2D eigenvalue weighted by Crippen LogP contribution is 2.27. The van der Waals surface area contributed by atoms with E-state index in [1.54, 1.807) is 33.7 Å². The fourth-order valence-electron chi connectivity index (χ4n) is 2.47. The first kappa shape index (κ1) is 16.6. The van der Waals surface area contributed by atoms with Crippen molar-refractivity contribution < 1.29 is 4.79 Å². The van der Waals surface area contributed by atoms with E-state index in [0.29, 0.717) is 6.54 Å². The average molecular weight is 381 g/mol. The van der Waals surface area contributed by atoms with Crippen molar-refractivity contribution in [1.29, 1.82) is 0 Å². The van der Waals surface area contributed by atoms with Gasteiger partial charge in [0.2, 0.25) is 5.91 Å². The van der Waals surface area contributed by atoms with Crippen molar-refractivity contribution >= 4 is 34.3 Å². The molecule has 0 spiro atoms. The van der Waals surface area contributed by atoms with Gasteiger partial charge in [0.1, 0.15) is 17.7 Å². The summed E-state index contributed by atoms with van der Waals surface area (Å²) in [5, 5.41) is 11.9. The van der Waals surface area contributed by atoms with E-state index in [9.17, 15) is 4.79 Å². The molecule has 0 atom stereocenters. The lowest BCUT2D eigenvalue weighted by atomic mass is 10.2. The molecule has 130 valence electrons. The van der Waals surface area contributed by atoms with E-state index >= 15 is 0 Å². The van der Waals surface area contributed by atoms with Gasteiger partial charge in [-0.25, -0.2) is 14.6 Å². The van der Waals surface area contributed by atoms with Crippen LogP contribution in [0.3, 0.4) is 0 Å². The highest BCUT2D eigenvalue weighted by molar-refractivity contribution is 7.20. The van der Waals surface area contributed by atoms with E-state index in [2.05, 4.69) is 20.4 Å². The van der Waals surface area contributed by atoms with E-state index in [0.717, 1.165) is 26.8 Å². The van der Waals surface area contributed by atoms with Gasteiger partial charge in [0.15, 0.2) is 0 Å². The lowest BCUT2D eigenvalue weighted by Gasteiger charge is -2.06. The van der Waals surface area contributed by atoms with Gasteiger partial charge < -0.3 is 5.32 Å². The smallest absolute Gasteiger partial charge is 0.230 e. The zero-order chi connectivity index (χ0) is 17.8. The fourth-order valence-corrected chi connectivity index (χ4v) is 4.10. The summed E-state index contributed by atoms with van der Waals surface area (Å²) in [7, 11) is 0. The topological polar surface area (TPSA) is 72.7 Å². The Morgan fingerprint density at radius 1 is 1.15 bits per heavy atom. The van der Waals surface area contributed by atoms with E-state index in [1.807, 2.05) is 47.2 Å². The molecule has 1 N–H and O–H groups in total. The zero-order valence-corrected chi connectivity index (χ0v) is 15.3. The summed E-state index contributed by atoms with van der Waals surface area (Å²) in [6.07, 6.45) is 3.45. The van der Waals surface area contributed by atoms with Crippen LogP contribution in [0, 0.1) is 0 Å². The summed E-state index contributed by atoms with van der Waals surface area (Å²) in [5.41, 5.74) is 2.65. The Hall–Kier alpha value is -2.84. The van der Waals surface area contributed by atoms with Crippen LogP contribution in [-0.4, -0.2) is 25.7 Å². The van der Waals surface area contributed by atoms with E-state index in [-0.39, 0.29) is 12.3 Å². The maximum atomic E-state index is 12.3. The monoisotopic (exact) mass is 381 g/mol. The van der Waals surface area contributed by atoms with Crippen molar-refractivity contribution in [3.63, 3.8) is 0 Å². The van der Waals surface area contributed by atoms with Crippen LogP contribution in [0.2, 0.25) is 0 Å². The van der Waals surface area contributed by atoms with E-state index in [1.165, 1.54) is 6.33 Å². The second-order valence-electron chi connectivity index (χ2n) is 5.64. The van der Waals surface area contributed by atoms with Crippen LogP contribution in [0.5, 0.6) is 0 Å². The number of aromatic nitrogens is 4. The van der Waals surface area contributed by atoms with Crippen molar-refractivity contribution in [2.45, 2.75) is 13.0 Å². The number of nitrogens with zero attached hydrogens (tertiary/aromatic N) is 4. The average Bonchev–Trinajstić information content (AvgIpc) is 3.38. The molecule has 3 heterocycles. The normalized spacial score (nSPS) is 10.8. The number of thiophene rings is 1. The molecule has 3 aromatic heterocycles. The summed E-state index contributed by atoms with van der Waals surface area (Å²) >= 11 is 3.22. The number of hydrogen-bond acceptors (Lipinski definition) is 6. The van der Waals surface area contributed by atoms with E-state index in [4.69, 9.17) is 0 Å². The highest BCUT2D eigenvalue weighted by atomic mass is 32.1. The molecule has 8 heteroatoms. The second-order valence-corrected chi connectivity index (χ2v) is 7.44. The number of carbonyl (C=O) groups excluding carboxylic acids is 1. The predicted molar refractivity (Wildman–Crippen MR) is 103 cm³/mol. The summed E-state index contributed by atoms with van der Waals surface area (Å²) in [6.45, 7) is 0.651. The Bertz CT molecular complexity index is 975. The van der Waals surface area contributed by atoms with Crippen LogP contribution < -0.4 is 5.32 Å². The third-order valence-electron chi connectivity index (χ3n) is 3.67. The molecule has 0 unspecified atom stereocenters. The van der Waals surface area contributed by atoms with Crippen molar-refractivity contribution in [2.75, 3.05) is 5.32 Å². The standard InChI is InChI=1S/C18H15N5OS2/c24-17(8-15-10-26-18(22-15)16-2-1-7-25-16)21-14-5-3-13(4-6-14)9-23-12-19-11-20-23/h1-7,10-12H,8-9H2,(H,21,24). The number of amides is 1. The molecular weight excluding hydrogens is 366 g/mol. The molecule has 1 amide bonds. The molecule has 0 aliphatic carbocycles. The molecule has 0 aliphatic rings. The number of thiazole rings is 1. The minimum Gasteiger partial charge on any atom is -0.326 e. The van der Waals surface area contributed by atoms with Crippen LogP contribution in [0.25, 0.3) is 9.88 Å². The third kappa shape index (κ3) is 4.04. The van der Waals surface area contributed by atoms with Crippen molar-refractivity contribution in [3.8, 4) is 9.88 Å². The van der Waals surface area contributed by atoms with Crippen LogP contribution in [0.15, 0.2) is 59.8 Å². The number of anilines is 1. The molecule has 0 fully saturated rings. The van der Waals surface area contributed by atoms with Gasteiger partial charge in [0.05, 0.1) is 23.5 Å². The first-order valence-electron chi connectivity index (χ1n) is 7.96. The Labute approximate surface area is 158 Å². The van der Waals surface area contributed by atoms with Gasteiger partial charge >= 0.3 is 0 Å². The molecular formula is C18H15N5OS2. The van der Waals surface area contributed by atoms with Crippen LogP contribution >= 0.6 is 22.7 Å². The van der Waals surface area contributed by atoms with Gasteiger partial charge in [-0.15, -0.1) is 22.7 Å². The number of benzene rings is 1. The first-order valence-corrected chi connectivity index (χ1v) is 9.72. The number of rotatable bonds is 6. The third-order valence-corrected chi connectivity index (χ3v) is 5.60. The van der Waals surface area contributed by atoms with E-state index < -0.39 is 0 Å². The lowest BCUT2D eigenvalue weighted by Crippen LogP contribution is -2.14. The highest BCUT2D eigenvalue weighted by Gasteiger charge is 2.10. The van der Waals surface area contributed by atoms with Gasteiger partial charge in [-0.3, -0.25) is 4.79 Å². The fraction of sp³-hybridized carbons (Fsp3) is 0.111. The molecule has 26 heavy (non-hydrogen) atoms. The number of hydrogen-bond donors (Lipinski definition) is 1. The molecule has 0 radical (unpaired) electrons. The SMILES string of the molecule is O=C(Cc1csc(-c2cccs2)n1)Nc1ccc(Cn2cncn2)cc1. The van der Waals surface area contributed by atoms with Gasteiger partial charge in [0, 0.05) is 11.1 Å². The predicted octanol–water partition coefficient (Wildman–Crippen LogP) is 3.69. The number of nitrogens with one attached hydrogen (secondary N) is 1. The van der Waals surface area contributed by atoms with Gasteiger partial charge in [0.25, 0.3) is 0 Å². The minimum absolute atomic E-state index is 0.0722. The molecule has 0 aliphatic heterocycles. The maximum Gasteiger partial charge on any atom is 0.230 e. The second kappa shape index (κ2) is 7.59. The Morgan fingerprint density at radius 3 is 2.77 bits per heavy atom. The minimum atomic E-state index is -0.0722. The summed E-state index contributed by atoms with van der Waals surface area (Å²) in [4.78, 5) is 21.8. The summed E-state index contributed by atoms with van der Waals surface area (Å²) in [6, 6.07) is 11.8. The Morgan fingerprint density at radius 2 is 2.04 bits per heavy atom. The Kier molecular flexibility index (Phi) is 4.85. The first-order chi connectivity index (χ1) is 12.8. The number of carbonyl (C=O) groups is 1. The van der Waals surface area contributed by atoms with Gasteiger partial charge in [-0.05, 0) is 29.1 Å². The van der Waals surface area contributed by atoms with Crippen molar-refractivity contribution in [2.24, 2.45) is 0 Å². The summed E-state index contributed by atoms with van der Waals surface area (Å²) < 4.78 is 1.75. The molecule has 0 saturated heterocycles. The van der Waals surface area contributed by atoms with Crippen LogP contribution in [0.1, 0.15) is 11.3 Å². The molecule has 0 saturated carbocycles. The van der Waals surface area contributed by atoms with Gasteiger partial charge in [-0.1, -0.05) is 18.2 Å². The maximum absolute atomic E-state index is 12.3. The molecule has 6 nitrogen and oxygen atoms in total. The van der Waals surface area contributed by atoms with Crippen molar-refractivity contribution in [1.82, 2.24) is 19.7 Å². The molecule has 4 aromatic rings. The van der Waals surface area contributed by atoms with Crippen LogP contribution in [0.4, 0.5) is 5.69 Å². The zero-order valence-electron chi connectivity index (χ0n) is 13.7. The molecule has 0 bridgehead atoms. The lowest BCUT2D eigenvalue weighted by molar-refractivity contribution is -0.115. The Balaban J connectivity index is 1.34. The van der Waals surface area contributed by atoms with Crippen LogP contribution in [-0.2, 0) is 17.8 Å². The van der Waals surface area contributed by atoms with Crippen molar-refractivity contribution in [3.05, 3.63) is 71.1 Å². The molecule has 1 aromatic carbocycles. The summed E-state index contributed by atoms with van der Waals surface area (Å²) in [5.74, 6) is -0.0722.